The first-order valence-electron chi connectivity index (χ1n) is 6.45. The van der Waals surface area contributed by atoms with E-state index in [0.29, 0.717) is 24.6 Å². The van der Waals surface area contributed by atoms with Crippen molar-refractivity contribution in [2.24, 2.45) is 5.92 Å². The summed E-state index contributed by atoms with van der Waals surface area (Å²) >= 11 is 0. The topological polar surface area (TPSA) is 84.0 Å². The number of amides is 2. The highest BCUT2D eigenvalue weighted by atomic mass is 16.2. The lowest BCUT2D eigenvalue weighted by atomic mass is 10.1. The Morgan fingerprint density at radius 3 is 2.89 bits per heavy atom. The van der Waals surface area contributed by atoms with Crippen LogP contribution < -0.4 is 10.6 Å². The molecular formula is C13H18N4O2. The van der Waals surface area contributed by atoms with Gasteiger partial charge in [0.2, 0.25) is 11.8 Å². The number of carbonyl (C=O) groups excluding carboxylic acids is 2. The van der Waals surface area contributed by atoms with Crippen LogP contribution in [-0.4, -0.2) is 27.8 Å². The molecule has 19 heavy (non-hydrogen) atoms. The zero-order valence-corrected chi connectivity index (χ0v) is 11.1. The molecular weight excluding hydrogens is 244 g/mol. The highest BCUT2D eigenvalue weighted by Crippen LogP contribution is 2.13. The molecule has 2 N–H and O–H groups in total. The van der Waals surface area contributed by atoms with Crippen molar-refractivity contribution in [3.05, 3.63) is 18.1 Å². The third-order valence-corrected chi connectivity index (χ3v) is 2.90. The minimum absolute atomic E-state index is 0.216. The molecule has 2 amide bonds. The minimum atomic E-state index is -0.403. The van der Waals surface area contributed by atoms with Gasteiger partial charge in [-0.2, -0.15) is 0 Å². The van der Waals surface area contributed by atoms with E-state index in [1.165, 1.54) is 6.33 Å². The molecule has 1 aromatic rings. The Hall–Kier alpha value is -1.98. The van der Waals surface area contributed by atoms with Crippen LogP contribution >= 0.6 is 0 Å². The number of nitrogens with zero attached hydrogens (tertiary/aromatic N) is 2. The van der Waals surface area contributed by atoms with Crippen LogP contribution in [0.3, 0.4) is 0 Å². The van der Waals surface area contributed by atoms with Crippen molar-refractivity contribution in [2.75, 3.05) is 5.32 Å². The van der Waals surface area contributed by atoms with E-state index >= 15 is 0 Å². The molecule has 6 nitrogen and oxygen atoms in total. The lowest BCUT2D eigenvalue weighted by Crippen LogP contribution is -2.47. The van der Waals surface area contributed by atoms with Gasteiger partial charge in [-0.3, -0.25) is 14.9 Å². The van der Waals surface area contributed by atoms with Crippen LogP contribution in [0.4, 0.5) is 5.82 Å². The van der Waals surface area contributed by atoms with Gasteiger partial charge in [0.1, 0.15) is 18.2 Å². The van der Waals surface area contributed by atoms with Gasteiger partial charge in [0.05, 0.1) is 0 Å². The molecule has 1 unspecified atom stereocenters. The summed E-state index contributed by atoms with van der Waals surface area (Å²) in [4.78, 5) is 31.0. The lowest BCUT2D eigenvalue weighted by molar-refractivity contribution is -0.133. The molecule has 1 saturated heterocycles. The lowest BCUT2D eigenvalue weighted by Gasteiger charge is -2.22. The van der Waals surface area contributed by atoms with E-state index in [0.717, 1.165) is 12.1 Å². The zero-order valence-electron chi connectivity index (χ0n) is 11.1. The molecule has 6 heteroatoms. The molecule has 0 radical (unpaired) electrons. The summed E-state index contributed by atoms with van der Waals surface area (Å²) in [6.45, 7) is 4.24. The first kappa shape index (κ1) is 13.5. The van der Waals surface area contributed by atoms with Crippen LogP contribution in [0, 0.1) is 5.92 Å². The third-order valence-electron chi connectivity index (χ3n) is 2.90. The highest BCUT2D eigenvalue weighted by Gasteiger charge is 2.26. The van der Waals surface area contributed by atoms with Crippen LogP contribution in [0.25, 0.3) is 0 Å². The van der Waals surface area contributed by atoms with E-state index in [2.05, 4.69) is 34.4 Å². The zero-order chi connectivity index (χ0) is 13.8. The Balaban J connectivity index is 2.02. The predicted octanol–water partition coefficient (Wildman–Crippen LogP) is 0.892. The molecule has 2 heterocycles. The molecule has 2 rings (SSSR count). The van der Waals surface area contributed by atoms with Gasteiger partial charge in [0.25, 0.3) is 0 Å². The number of rotatable bonds is 4. The fourth-order valence-electron chi connectivity index (χ4n) is 2.02. The monoisotopic (exact) mass is 262 g/mol. The summed E-state index contributed by atoms with van der Waals surface area (Å²) in [5, 5.41) is 5.36. The summed E-state index contributed by atoms with van der Waals surface area (Å²) < 4.78 is 0. The number of piperidine rings is 1. The van der Waals surface area contributed by atoms with E-state index in [-0.39, 0.29) is 11.8 Å². The molecule has 0 aliphatic carbocycles. The summed E-state index contributed by atoms with van der Waals surface area (Å²) in [6.07, 6.45) is 3.21. The van der Waals surface area contributed by atoms with Crippen molar-refractivity contribution in [1.29, 1.82) is 0 Å². The average molecular weight is 262 g/mol. The van der Waals surface area contributed by atoms with Crippen molar-refractivity contribution in [1.82, 2.24) is 15.3 Å². The number of hydrogen-bond acceptors (Lipinski definition) is 5. The maximum absolute atomic E-state index is 11.6. The predicted molar refractivity (Wildman–Crippen MR) is 70.4 cm³/mol. The van der Waals surface area contributed by atoms with Crippen LogP contribution in [-0.2, 0) is 16.0 Å². The van der Waals surface area contributed by atoms with E-state index < -0.39 is 6.04 Å². The van der Waals surface area contributed by atoms with Crippen LogP contribution in [0.15, 0.2) is 12.4 Å². The molecule has 0 spiro atoms. The quantitative estimate of drug-likeness (QED) is 0.787. The molecule has 1 aliphatic rings. The first-order valence-corrected chi connectivity index (χ1v) is 6.45. The Kier molecular flexibility index (Phi) is 4.09. The number of hydrogen-bond donors (Lipinski definition) is 2. The van der Waals surface area contributed by atoms with Gasteiger partial charge >= 0.3 is 0 Å². The summed E-state index contributed by atoms with van der Waals surface area (Å²) in [6, 6.07) is 1.45. The van der Waals surface area contributed by atoms with E-state index in [1.807, 2.05) is 6.07 Å². The second kappa shape index (κ2) is 5.77. The van der Waals surface area contributed by atoms with Gasteiger partial charge in [0.15, 0.2) is 0 Å². The third kappa shape index (κ3) is 3.74. The average Bonchev–Trinajstić information content (AvgIpc) is 2.32. The summed E-state index contributed by atoms with van der Waals surface area (Å²) in [7, 11) is 0. The molecule has 1 aromatic heterocycles. The molecule has 1 aliphatic heterocycles. The minimum Gasteiger partial charge on any atom is -0.358 e. The van der Waals surface area contributed by atoms with Crippen molar-refractivity contribution in [3.63, 3.8) is 0 Å². The van der Waals surface area contributed by atoms with Gasteiger partial charge in [-0.1, -0.05) is 13.8 Å². The molecule has 1 atom stereocenters. The second-order valence-corrected chi connectivity index (χ2v) is 5.14. The smallest absolute Gasteiger partial charge is 0.249 e. The Morgan fingerprint density at radius 2 is 2.21 bits per heavy atom. The van der Waals surface area contributed by atoms with E-state index in [1.54, 1.807) is 0 Å². The number of nitrogens with one attached hydrogen (secondary N) is 2. The Bertz CT molecular complexity index is 487. The number of aromatic nitrogens is 2. The van der Waals surface area contributed by atoms with Crippen molar-refractivity contribution in [3.8, 4) is 0 Å². The number of anilines is 1. The van der Waals surface area contributed by atoms with Crippen molar-refractivity contribution < 1.29 is 9.59 Å². The fraction of sp³-hybridized carbons (Fsp3) is 0.538. The molecule has 0 saturated carbocycles. The normalized spacial score (nSPS) is 19.4. The summed E-state index contributed by atoms with van der Waals surface area (Å²) in [5.74, 6) is 0.630. The van der Waals surface area contributed by atoms with Gasteiger partial charge < -0.3 is 5.32 Å². The molecule has 102 valence electrons. The number of imide groups is 1. The first-order chi connectivity index (χ1) is 9.04. The van der Waals surface area contributed by atoms with Gasteiger partial charge in [-0.05, 0) is 18.8 Å². The Morgan fingerprint density at radius 1 is 1.42 bits per heavy atom. The standard InChI is InChI=1S/C13H18N4O2/c1-8(2)5-9-6-11(15-7-14-9)16-10-3-4-12(18)17-13(10)19/h6-8,10H,3-5H2,1-2H3,(H,14,15,16)(H,17,18,19). The Labute approximate surface area is 112 Å². The van der Waals surface area contributed by atoms with E-state index in [4.69, 9.17) is 0 Å². The fourth-order valence-corrected chi connectivity index (χ4v) is 2.02. The summed E-state index contributed by atoms with van der Waals surface area (Å²) in [5.41, 5.74) is 0.944. The number of carbonyl (C=O) groups is 2. The van der Waals surface area contributed by atoms with Crippen LogP contribution in [0.1, 0.15) is 32.4 Å². The SMILES string of the molecule is CC(C)Cc1cc(NC2CCC(=O)NC2=O)ncn1. The molecule has 0 aromatic carbocycles. The van der Waals surface area contributed by atoms with Gasteiger partial charge in [-0.15, -0.1) is 0 Å². The highest BCUT2D eigenvalue weighted by molar-refractivity contribution is 6.01. The van der Waals surface area contributed by atoms with Crippen LogP contribution in [0.5, 0.6) is 0 Å². The van der Waals surface area contributed by atoms with Crippen LogP contribution in [0.2, 0.25) is 0 Å². The maximum atomic E-state index is 11.6. The van der Waals surface area contributed by atoms with Gasteiger partial charge in [0, 0.05) is 18.2 Å². The maximum Gasteiger partial charge on any atom is 0.249 e. The van der Waals surface area contributed by atoms with Crippen molar-refractivity contribution in [2.45, 2.75) is 39.2 Å². The van der Waals surface area contributed by atoms with Crippen molar-refractivity contribution >= 4 is 17.6 Å². The largest absolute Gasteiger partial charge is 0.358 e. The molecule has 1 fully saturated rings. The van der Waals surface area contributed by atoms with E-state index in [9.17, 15) is 9.59 Å². The van der Waals surface area contributed by atoms with Gasteiger partial charge in [-0.25, -0.2) is 9.97 Å². The molecule has 0 bridgehead atoms. The second-order valence-electron chi connectivity index (χ2n) is 5.14.